The molecular formula is C16H16Cl3N3O2. The second-order valence-electron chi connectivity index (χ2n) is 5.82. The topological polar surface area (TPSA) is 47.4 Å². The third kappa shape index (κ3) is 3.40. The molecule has 1 aliphatic heterocycles. The molecule has 0 bridgehead atoms. The Balaban J connectivity index is 1.96. The van der Waals surface area contributed by atoms with Gasteiger partial charge in [-0.3, -0.25) is 4.79 Å². The lowest BCUT2D eigenvalue weighted by molar-refractivity contribution is -0.00520. The highest BCUT2D eigenvalue weighted by Gasteiger charge is 2.24. The Morgan fingerprint density at radius 1 is 1.12 bits per heavy atom. The summed E-state index contributed by atoms with van der Waals surface area (Å²) in [5.74, 6) is 0. The normalized spacial score (nSPS) is 21.1. The monoisotopic (exact) mass is 387 g/mol. The predicted octanol–water partition coefficient (Wildman–Crippen LogP) is 3.81. The van der Waals surface area contributed by atoms with Crippen LogP contribution in [0.15, 0.2) is 29.2 Å². The second kappa shape index (κ2) is 6.92. The number of nitrogens with zero attached hydrogens (tertiary/aromatic N) is 3. The Bertz CT molecular complexity index is 815. The maximum Gasteiger partial charge on any atom is 0.291 e. The standard InChI is InChI=1S/C16H16Cl3N3O2/c1-9-7-21(8-10(2)24-9)14-4-3-11(5-12(14)17)22-16(23)15(19)13(18)6-20-22/h3-6,9-10H,7-8H2,1-2H3. The summed E-state index contributed by atoms with van der Waals surface area (Å²) in [6.45, 7) is 5.58. The highest BCUT2D eigenvalue weighted by Crippen LogP contribution is 2.30. The summed E-state index contributed by atoms with van der Waals surface area (Å²) in [6, 6.07) is 5.35. The minimum Gasteiger partial charge on any atom is -0.372 e. The van der Waals surface area contributed by atoms with E-state index >= 15 is 0 Å². The molecule has 2 heterocycles. The lowest BCUT2D eigenvalue weighted by Gasteiger charge is -2.37. The van der Waals surface area contributed by atoms with E-state index in [9.17, 15) is 4.79 Å². The molecule has 0 radical (unpaired) electrons. The van der Waals surface area contributed by atoms with E-state index in [4.69, 9.17) is 39.5 Å². The molecule has 3 rings (SSSR count). The molecule has 2 atom stereocenters. The van der Waals surface area contributed by atoms with Crippen molar-refractivity contribution in [1.82, 2.24) is 9.78 Å². The Morgan fingerprint density at radius 2 is 1.79 bits per heavy atom. The molecule has 1 aromatic carbocycles. The quantitative estimate of drug-likeness (QED) is 0.785. The summed E-state index contributed by atoms with van der Waals surface area (Å²) >= 11 is 18.2. The average Bonchev–Trinajstić information content (AvgIpc) is 2.51. The molecular weight excluding hydrogens is 373 g/mol. The van der Waals surface area contributed by atoms with Gasteiger partial charge in [-0.1, -0.05) is 34.8 Å². The van der Waals surface area contributed by atoms with Crippen molar-refractivity contribution in [3.63, 3.8) is 0 Å². The number of hydrogen-bond acceptors (Lipinski definition) is 4. The van der Waals surface area contributed by atoms with E-state index in [-0.39, 0.29) is 22.3 Å². The van der Waals surface area contributed by atoms with Crippen LogP contribution in [0.4, 0.5) is 5.69 Å². The number of aromatic nitrogens is 2. The number of rotatable bonds is 2. The SMILES string of the molecule is CC1CN(c2ccc(-n3ncc(Cl)c(Cl)c3=O)cc2Cl)CC(C)O1. The van der Waals surface area contributed by atoms with E-state index in [1.165, 1.54) is 10.9 Å². The maximum atomic E-state index is 12.2. The molecule has 0 spiro atoms. The zero-order chi connectivity index (χ0) is 17.4. The van der Waals surface area contributed by atoms with Crippen LogP contribution in [0.25, 0.3) is 5.69 Å². The van der Waals surface area contributed by atoms with Crippen molar-refractivity contribution in [3.05, 3.63) is 49.8 Å². The molecule has 0 amide bonds. The largest absolute Gasteiger partial charge is 0.372 e. The van der Waals surface area contributed by atoms with Gasteiger partial charge >= 0.3 is 0 Å². The summed E-state index contributed by atoms with van der Waals surface area (Å²) in [5, 5.41) is 4.60. The summed E-state index contributed by atoms with van der Waals surface area (Å²) < 4.78 is 6.92. The fourth-order valence-corrected chi connectivity index (χ4v) is 3.40. The number of anilines is 1. The molecule has 1 saturated heterocycles. The summed E-state index contributed by atoms with van der Waals surface area (Å²) in [7, 11) is 0. The zero-order valence-corrected chi connectivity index (χ0v) is 15.4. The van der Waals surface area contributed by atoms with Crippen molar-refractivity contribution in [2.75, 3.05) is 18.0 Å². The van der Waals surface area contributed by atoms with Gasteiger partial charge in [0.1, 0.15) is 5.02 Å². The third-order valence-electron chi connectivity index (χ3n) is 3.81. The van der Waals surface area contributed by atoms with Gasteiger partial charge in [-0.2, -0.15) is 9.78 Å². The van der Waals surface area contributed by atoms with Crippen molar-refractivity contribution in [1.29, 1.82) is 0 Å². The van der Waals surface area contributed by atoms with Gasteiger partial charge in [0.25, 0.3) is 5.56 Å². The van der Waals surface area contributed by atoms with Crippen LogP contribution in [0.3, 0.4) is 0 Å². The molecule has 5 nitrogen and oxygen atoms in total. The van der Waals surface area contributed by atoms with Crippen molar-refractivity contribution in [2.45, 2.75) is 26.1 Å². The molecule has 8 heteroatoms. The fraction of sp³-hybridized carbons (Fsp3) is 0.375. The summed E-state index contributed by atoms with van der Waals surface area (Å²) in [6.07, 6.45) is 1.59. The molecule has 0 N–H and O–H groups in total. The molecule has 0 aliphatic carbocycles. The Morgan fingerprint density at radius 3 is 2.42 bits per heavy atom. The van der Waals surface area contributed by atoms with Gasteiger partial charge in [0.2, 0.25) is 0 Å². The average molecular weight is 389 g/mol. The molecule has 24 heavy (non-hydrogen) atoms. The van der Waals surface area contributed by atoms with Crippen molar-refractivity contribution < 1.29 is 4.74 Å². The number of hydrogen-bond donors (Lipinski definition) is 0. The predicted molar refractivity (Wildman–Crippen MR) is 97.1 cm³/mol. The second-order valence-corrected chi connectivity index (χ2v) is 7.01. The molecule has 0 saturated carbocycles. The Labute approximate surface area is 154 Å². The molecule has 1 aromatic heterocycles. The van der Waals surface area contributed by atoms with Gasteiger partial charge in [0, 0.05) is 13.1 Å². The van der Waals surface area contributed by atoms with Gasteiger partial charge in [0.15, 0.2) is 0 Å². The fourth-order valence-electron chi connectivity index (χ4n) is 2.86. The summed E-state index contributed by atoms with van der Waals surface area (Å²) in [4.78, 5) is 14.4. The van der Waals surface area contributed by atoms with Gasteiger partial charge in [0.05, 0.1) is 39.8 Å². The van der Waals surface area contributed by atoms with Gasteiger partial charge < -0.3 is 9.64 Å². The van der Waals surface area contributed by atoms with Crippen molar-refractivity contribution in [2.24, 2.45) is 0 Å². The van der Waals surface area contributed by atoms with Crippen LogP contribution in [0, 0.1) is 0 Å². The van der Waals surface area contributed by atoms with Crippen LogP contribution < -0.4 is 10.5 Å². The molecule has 2 unspecified atom stereocenters. The Kier molecular flexibility index (Phi) is 5.06. The highest BCUT2D eigenvalue weighted by atomic mass is 35.5. The third-order valence-corrected chi connectivity index (χ3v) is 4.86. The van der Waals surface area contributed by atoms with E-state index in [2.05, 4.69) is 10.00 Å². The number of benzene rings is 1. The summed E-state index contributed by atoms with van der Waals surface area (Å²) in [5.41, 5.74) is 0.943. The van der Waals surface area contributed by atoms with E-state index < -0.39 is 5.56 Å². The van der Waals surface area contributed by atoms with Gasteiger partial charge in [-0.25, -0.2) is 0 Å². The Hall–Kier alpha value is -1.27. The van der Waals surface area contributed by atoms with Crippen molar-refractivity contribution >= 4 is 40.5 Å². The van der Waals surface area contributed by atoms with Crippen LogP contribution in [0.2, 0.25) is 15.1 Å². The number of halogens is 3. The van der Waals surface area contributed by atoms with Gasteiger partial charge in [-0.05, 0) is 32.0 Å². The minimum atomic E-state index is -0.485. The van der Waals surface area contributed by atoms with E-state index in [1.54, 1.807) is 12.1 Å². The first-order chi connectivity index (χ1) is 11.4. The lowest BCUT2D eigenvalue weighted by Crippen LogP contribution is -2.45. The number of ether oxygens (including phenoxy) is 1. The molecule has 128 valence electrons. The smallest absolute Gasteiger partial charge is 0.291 e. The first-order valence-electron chi connectivity index (χ1n) is 7.50. The lowest BCUT2D eigenvalue weighted by atomic mass is 10.2. The van der Waals surface area contributed by atoms with Gasteiger partial charge in [-0.15, -0.1) is 0 Å². The number of morpholine rings is 1. The van der Waals surface area contributed by atoms with Crippen LogP contribution in [-0.2, 0) is 4.74 Å². The van der Waals surface area contributed by atoms with Crippen LogP contribution in [-0.4, -0.2) is 35.1 Å². The molecule has 1 aliphatic rings. The van der Waals surface area contributed by atoms with Crippen LogP contribution in [0.5, 0.6) is 0 Å². The van der Waals surface area contributed by atoms with E-state index in [0.29, 0.717) is 10.7 Å². The highest BCUT2D eigenvalue weighted by molar-refractivity contribution is 6.41. The van der Waals surface area contributed by atoms with Crippen molar-refractivity contribution in [3.8, 4) is 5.69 Å². The minimum absolute atomic E-state index is 0.0669. The van der Waals surface area contributed by atoms with Crippen LogP contribution >= 0.6 is 34.8 Å². The molecule has 2 aromatic rings. The first kappa shape index (κ1) is 17.5. The zero-order valence-electron chi connectivity index (χ0n) is 13.2. The van der Waals surface area contributed by atoms with E-state index in [1.807, 2.05) is 19.9 Å². The van der Waals surface area contributed by atoms with Crippen LogP contribution in [0.1, 0.15) is 13.8 Å². The first-order valence-corrected chi connectivity index (χ1v) is 8.64. The maximum absolute atomic E-state index is 12.2. The molecule has 1 fully saturated rings. The van der Waals surface area contributed by atoms with E-state index in [0.717, 1.165) is 18.8 Å².